The summed E-state index contributed by atoms with van der Waals surface area (Å²) in [5.41, 5.74) is 1.29. The second-order valence-electron chi connectivity index (χ2n) is 5.32. The number of rotatable bonds is 3. The van der Waals surface area contributed by atoms with E-state index in [1.54, 1.807) is 0 Å². The highest BCUT2D eigenvalue weighted by molar-refractivity contribution is 5.49. The first kappa shape index (κ1) is 13.2. The van der Waals surface area contributed by atoms with E-state index in [4.69, 9.17) is 4.74 Å². The monoisotopic (exact) mass is 248 g/mol. The molecule has 1 N–H and O–H groups in total. The molecule has 0 bridgehead atoms. The maximum atomic E-state index is 5.67. The van der Waals surface area contributed by atoms with Gasteiger partial charge in [-0.25, -0.2) is 0 Å². The summed E-state index contributed by atoms with van der Waals surface area (Å²) in [5, 5.41) is 3.52. The molecule has 0 saturated carbocycles. The third kappa shape index (κ3) is 3.64. The van der Waals surface area contributed by atoms with E-state index in [-0.39, 0.29) is 6.10 Å². The van der Waals surface area contributed by atoms with Gasteiger partial charge in [-0.3, -0.25) is 0 Å². The number of benzene rings is 1. The van der Waals surface area contributed by atoms with Gasteiger partial charge >= 0.3 is 0 Å². The van der Waals surface area contributed by atoms with Crippen molar-refractivity contribution >= 4 is 5.69 Å². The number of anilines is 1. The fourth-order valence-electron chi connectivity index (χ4n) is 2.35. The lowest BCUT2D eigenvalue weighted by Crippen LogP contribution is -2.35. The number of hydrogen-bond donors (Lipinski definition) is 1. The summed E-state index contributed by atoms with van der Waals surface area (Å²) in [7, 11) is 0. The van der Waals surface area contributed by atoms with Gasteiger partial charge in [0, 0.05) is 24.8 Å². The van der Waals surface area contributed by atoms with Crippen molar-refractivity contribution in [1.29, 1.82) is 0 Å². The van der Waals surface area contributed by atoms with Gasteiger partial charge in [-0.2, -0.15) is 0 Å². The molecule has 0 amide bonds. The lowest BCUT2D eigenvalue weighted by atomic mass is 10.2. The molecule has 1 atom stereocenters. The van der Waals surface area contributed by atoms with Crippen LogP contribution in [0.1, 0.15) is 27.2 Å². The van der Waals surface area contributed by atoms with Crippen LogP contribution < -0.4 is 15.0 Å². The van der Waals surface area contributed by atoms with Crippen molar-refractivity contribution in [2.45, 2.75) is 39.3 Å². The number of nitrogens with zero attached hydrogens (tertiary/aromatic N) is 1. The number of ether oxygens (including phenoxy) is 1. The molecule has 1 aliphatic rings. The van der Waals surface area contributed by atoms with Gasteiger partial charge < -0.3 is 15.0 Å². The molecule has 0 aliphatic carbocycles. The van der Waals surface area contributed by atoms with Crippen LogP contribution in [-0.4, -0.2) is 31.8 Å². The van der Waals surface area contributed by atoms with Crippen LogP contribution in [-0.2, 0) is 0 Å². The van der Waals surface area contributed by atoms with E-state index in [1.165, 1.54) is 12.1 Å². The van der Waals surface area contributed by atoms with E-state index in [0.717, 1.165) is 25.4 Å². The Balaban J connectivity index is 2.03. The van der Waals surface area contributed by atoms with E-state index in [0.29, 0.717) is 6.04 Å². The van der Waals surface area contributed by atoms with Gasteiger partial charge in [-0.1, -0.05) is 0 Å². The second kappa shape index (κ2) is 6.10. The molecule has 0 radical (unpaired) electrons. The Hall–Kier alpha value is -1.22. The fourth-order valence-corrected chi connectivity index (χ4v) is 2.35. The van der Waals surface area contributed by atoms with E-state index in [1.807, 2.05) is 0 Å². The Bertz CT molecular complexity index is 361. The average molecular weight is 248 g/mol. The SMILES string of the molecule is CC1CN(c2ccc(OC(C)C)cc2)CCCN1. The van der Waals surface area contributed by atoms with E-state index in [2.05, 4.69) is 55.3 Å². The minimum Gasteiger partial charge on any atom is -0.491 e. The summed E-state index contributed by atoms with van der Waals surface area (Å²) in [6, 6.07) is 9.02. The predicted molar refractivity (Wildman–Crippen MR) is 76.5 cm³/mol. The topological polar surface area (TPSA) is 24.5 Å². The summed E-state index contributed by atoms with van der Waals surface area (Å²) in [6.07, 6.45) is 1.44. The van der Waals surface area contributed by atoms with Crippen LogP contribution in [0.3, 0.4) is 0 Å². The van der Waals surface area contributed by atoms with Crippen LogP contribution in [0.4, 0.5) is 5.69 Å². The van der Waals surface area contributed by atoms with Gasteiger partial charge in [0.05, 0.1) is 6.10 Å². The molecule has 1 heterocycles. The first-order valence-corrected chi connectivity index (χ1v) is 6.90. The van der Waals surface area contributed by atoms with Crippen LogP contribution in [0.15, 0.2) is 24.3 Å². The molecule has 100 valence electrons. The van der Waals surface area contributed by atoms with Crippen LogP contribution >= 0.6 is 0 Å². The molecule has 1 aromatic rings. The minimum atomic E-state index is 0.234. The smallest absolute Gasteiger partial charge is 0.119 e. The summed E-state index contributed by atoms with van der Waals surface area (Å²) in [6.45, 7) is 9.67. The molecule has 1 aliphatic heterocycles. The van der Waals surface area contributed by atoms with E-state index >= 15 is 0 Å². The molecular formula is C15H24N2O. The third-order valence-corrected chi connectivity index (χ3v) is 3.17. The predicted octanol–water partition coefficient (Wildman–Crippen LogP) is 2.66. The molecule has 0 aromatic heterocycles. The van der Waals surface area contributed by atoms with Crippen molar-refractivity contribution in [1.82, 2.24) is 5.32 Å². The highest BCUT2D eigenvalue weighted by Gasteiger charge is 2.14. The van der Waals surface area contributed by atoms with Gasteiger partial charge in [-0.15, -0.1) is 0 Å². The van der Waals surface area contributed by atoms with Crippen LogP contribution in [0.25, 0.3) is 0 Å². The van der Waals surface area contributed by atoms with Crippen LogP contribution in [0.5, 0.6) is 5.75 Å². The molecular weight excluding hydrogens is 224 g/mol. The maximum absolute atomic E-state index is 5.67. The zero-order valence-corrected chi connectivity index (χ0v) is 11.6. The molecule has 2 rings (SSSR count). The van der Waals surface area contributed by atoms with Crippen molar-refractivity contribution in [3.8, 4) is 5.75 Å². The Kier molecular flexibility index (Phi) is 4.48. The summed E-state index contributed by atoms with van der Waals surface area (Å²) in [4.78, 5) is 2.45. The lowest BCUT2D eigenvalue weighted by molar-refractivity contribution is 0.242. The molecule has 0 spiro atoms. The highest BCUT2D eigenvalue weighted by Crippen LogP contribution is 2.21. The minimum absolute atomic E-state index is 0.234. The summed E-state index contributed by atoms with van der Waals surface area (Å²) in [5.74, 6) is 0.953. The molecule has 1 aromatic carbocycles. The highest BCUT2D eigenvalue weighted by atomic mass is 16.5. The number of hydrogen-bond acceptors (Lipinski definition) is 3. The van der Waals surface area contributed by atoms with Gasteiger partial charge in [0.2, 0.25) is 0 Å². The zero-order valence-electron chi connectivity index (χ0n) is 11.6. The van der Waals surface area contributed by atoms with Crippen molar-refractivity contribution in [2.24, 2.45) is 0 Å². The quantitative estimate of drug-likeness (QED) is 0.890. The molecule has 1 saturated heterocycles. The van der Waals surface area contributed by atoms with Gasteiger partial charge in [-0.05, 0) is 58.0 Å². The lowest BCUT2D eigenvalue weighted by Gasteiger charge is -2.25. The van der Waals surface area contributed by atoms with Crippen molar-refractivity contribution in [3.05, 3.63) is 24.3 Å². The van der Waals surface area contributed by atoms with Crippen molar-refractivity contribution < 1.29 is 4.74 Å². The first-order chi connectivity index (χ1) is 8.65. The molecule has 1 unspecified atom stereocenters. The normalized spacial score (nSPS) is 20.9. The summed E-state index contributed by atoms with van der Waals surface area (Å²) < 4.78 is 5.67. The second-order valence-corrected chi connectivity index (χ2v) is 5.32. The van der Waals surface area contributed by atoms with Gasteiger partial charge in [0.15, 0.2) is 0 Å². The Morgan fingerprint density at radius 3 is 2.67 bits per heavy atom. The first-order valence-electron chi connectivity index (χ1n) is 6.90. The third-order valence-electron chi connectivity index (χ3n) is 3.17. The molecule has 3 nitrogen and oxygen atoms in total. The van der Waals surface area contributed by atoms with E-state index < -0.39 is 0 Å². The zero-order chi connectivity index (χ0) is 13.0. The van der Waals surface area contributed by atoms with Crippen LogP contribution in [0.2, 0.25) is 0 Å². The van der Waals surface area contributed by atoms with Gasteiger partial charge in [0.25, 0.3) is 0 Å². The average Bonchev–Trinajstić information content (AvgIpc) is 2.54. The Morgan fingerprint density at radius 2 is 2.00 bits per heavy atom. The maximum Gasteiger partial charge on any atom is 0.119 e. The molecule has 18 heavy (non-hydrogen) atoms. The van der Waals surface area contributed by atoms with E-state index in [9.17, 15) is 0 Å². The van der Waals surface area contributed by atoms with Crippen molar-refractivity contribution in [2.75, 3.05) is 24.5 Å². The Labute approximate surface area is 110 Å². The van der Waals surface area contributed by atoms with Crippen molar-refractivity contribution in [3.63, 3.8) is 0 Å². The van der Waals surface area contributed by atoms with Crippen LogP contribution in [0, 0.1) is 0 Å². The molecule has 1 fully saturated rings. The van der Waals surface area contributed by atoms with Gasteiger partial charge in [0.1, 0.15) is 5.75 Å². The fraction of sp³-hybridized carbons (Fsp3) is 0.600. The Morgan fingerprint density at radius 1 is 1.28 bits per heavy atom. The molecule has 3 heteroatoms. The largest absolute Gasteiger partial charge is 0.491 e. The number of nitrogens with one attached hydrogen (secondary N) is 1. The summed E-state index contributed by atoms with van der Waals surface area (Å²) >= 11 is 0. The standard InChI is InChI=1S/C15H24N2O/c1-12(2)18-15-7-5-14(6-8-15)17-10-4-9-16-13(3)11-17/h5-8,12-13,16H,4,9-11H2,1-3H3.